The number of anilines is 1. The molecule has 3 heterocycles. The van der Waals surface area contributed by atoms with Gasteiger partial charge in [-0.25, -0.2) is 0 Å². The van der Waals surface area contributed by atoms with Crippen molar-refractivity contribution in [2.45, 2.75) is 44.2 Å². The minimum atomic E-state index is -0.883. The molecule has 2 aromatic rings. The number of nitrogens with one attached hydrogen (secondary N) is 1. The number of hydrogen-bond donors (Lipinski definition) is 1. The fourth-order valence-corrected chi connectivity index (χ4v) is 5.79. The average molecular weight is 536 g/mol. The Kier molecular flexibility index (Phi) is 7.51. The van der Waals surface area contributed by atoms with Gasteiger partial charge in [-0.3, -0.25) is 24.5 Å². The summed E-state index contributed by atoms with van der Waals surface area (Å²) in [5.41, 5.74) is 0.646. The van der Waals surface area contributed by atoms with Crippen LogP contribution < -0.4 is 10.2 Å². The molecule has 0 radical (unpaired) electrons. The van der Waals surface area contributed by atoms with Crippen molar-refractivity contribution in [2.75, 3.05) is 44.4 Å². The van der Waals surface area contributed by atoms with E-state index < -0.39 is 10.5 Å². The molecule has 3 saturated heterocycles. The molecule has 206 valence electrons. The van der Waals surface area contributed by atoms with Crippen LogP contribution in [0.3, 0.4) is 0 Å². The van der Waals surface area contributed by atoms with Gasteiger partial charge >= 0.3 is 0 Å². The van der Waals surface area contributed by atoms with Gasteiger partial charge in [0.2, 0.25) is 5.91 Å². The van der Waals surface area contributed by atoms with Gasteiger partial charge in [0.1, 0.15) is 12.1 Å². The summed E-state index contributed by atoms with van der Waals surface area (Å²) in [4.78, 5) is 56.0. The van der Waals surface area contributed by atoms with Crippen molar-refractivity contribution in [1.82, 2.24) is 15.1 Å². The standard InChI is InChI=1S/C28H33N5O6/c1-20-9-10-21(16-24(20)33(37)38)26(35)30-13-11-28(12-14-30)27(36)31(19-32(28)22-6-3-2-4-7-22)18-25(34)29-17-23-8-5-15-39-23/h2-4,6-7,9-10,16,23H,5,8,11-15,17-19H2,1H3,(H,29,34). The van der Waals surface area contributed by atoms with E-state index >= 15 is 0 Å². The molecular weight excluding hydrogens is 502 g/mol. The number of amides is 3. The second-order valence-corrected chi connectivity index (χ2v) is 10.4. The molecule has 11 heteroatoms. The number of carbonyl (C=O) groups is 3. The van der Waals surface area contributed by atoms with E-state index in [4.69, 9.17) is 4.74 Å². The second-order valence-electron chi connectivity index (χ2n) is 10.4. The number of aryl methyl sites for hydroxylation is 1. The number of hydrogen-bond acceptors (Lipinski definition) is 7. The molecular formula is C28H33N5O6. The van der Waals surface area contributed by atoms with E-state index in [2.05, 4.69) is 5.32 Å². The Hall–Kier alpha value is -3.99. The molecule has 0 bridgehead atoms. The maximum atomic E-state index is 13.9. The Balaban J connectivity index is 1.30. The van der Waals surface area contributed by atoms with Crippen molar-refractivity contribution in [3.8, 4) is 0 Å². The number of benzene rings is 2. The molecule has 3 aliphatic rings. The van der Waals surface area contributed by atoms with E-state index in [9.17, 15) is 24.5 Å². The number of likely N-dealkylation sites (tertiary alicyclic amines) is 1. The molecule has 3 fully saturated rings. The van der Waals surface area contributed by atoms with Crippen molar-refractivity contribution >= 4 is 29.1 Å². The SMILES string of the molecule is Cc1ccc(C(=O)N2CCC3(CC2)C(=O)N(CC(=O)NCC2CCCO2)CN3c2ccccc2)cc1[N+](=O)[O-]. The fourth-order valence-electron chi connectivity index (χ4n) is 5.79. The van der Waals surface area contributed by atoms with Gasteiger partial charge in [-0.15, -0.1) is 0 Å². The molecule has 11 nitrogen and oxygen atoms in total. The van der Waals surface area contributed by atoms with Crippen molar-refractivity contribution in [2.24, 2.45) is 0 Å². The maximum absolute atomic E-state index is 13.9. The van der Waals surface area contributed by atoms with Crippen LogP contribution in [0.25, 0.3) is 0 Å². The smallest absolute Gasteiger partial charge is 0.273 e. The summed E-state index contributed by atoms with van der Waals surface area (Å²) in [6, 6.07) is 14.1. The molecule has 0 aromatic heterocycles. The van der Waals surface area contributed by atoms with Crippen LogP contribution in [-0.2, 0) is 14.3 Å². The lowest BCUT2D eigenvalue weighted by molar-refractivity contribution is -0.385. The predicted octanol–water partition coefficient (Wildman–Crippen LogP) is 2.48. The van der Waals surface area contributed by atoms with Crippen LogP contribution in [0, 0.1) is 17.0 Å². The zero-order chi connectivity index (χ0) is 27.6. The van der Waals surface area contributed by atoms with E-state index in [0.29, 0.717) is 44.6 Å². The molecule has 1 spiro atoms. The fraction of sp³-hybridized carbons (Fsp3) is 0.464. The van der Waals surface area contributed by atoms with Crippen LogP contribution in [0.2, 0.25) is 0 Å². The number of piperidine rings is 1. The molecule has 1 unspecified atom stereocenters. The minimum Gasteiger partial charge on any atom is -0.376 e. The largest absolute Gasteiger partial charge is 0.376 e. The second kappa shape index (κ2) is 11.0. The third-order valence-corrected chi connectivity index (χ3v) is 8.00. The lowest BCUT2D eigenvalue weighted by atomic mass is 9.85. The minimum absolute atomic E-state index is 0.0206. The number of para-hydroxylation sites is 1. The zero-order valence-corrected chi connectivity index (χ0v) is 22.0. The van der Waals surface area contributed by atoms with E-state index in [0.717, 1.165) is 18.5 Å². The Labute approximate surface area is 226 Å². The molecule has 3 aliphatic heterocycles. The average Bonchev–Trinajstić information content (AvgIpc) is 3.56. The molecule has 0 saturated carbocycles. The Bertz CT molecular complexity index is 1250. The first-order valence-electron chi connectivity index (χ1n) is 13.3. The normalized spacial score (nSPS) is 20.5. The molecule has 0 aliphatic carbocycles. The zero-order valence-electron chi connectivity index (χ0n) is 22.0. The lowest BCUT2D eigenvalue weighted by Crippen LogP contribution is -2.57. The van der Waals surface area contributed by atoms with Gasteiger partial charge in [0.05, 0.1) is 17.7 Å². The van der Waals surface area contributed by atoms with Gasteiger partial charge in [0.15, 0.2) is 0 Å². The summed E-state index contributed by atoms with van der Waals surface area (Å²) in [7, 11) is 0. The van der Waals surface area contributed by atoms with Gasteiger partial charge in [-0.1, -0.05) is 24.3 Å². The molecule has 39 heavy (non-hydrogen) atoms. The Morgan fingerprint density at radius 2 is 1.90 bits per heavy atom. The monoisotopic (exact) mass is 535 g/mol. The van der Waals surface area contributed by atoms with Crippen LogP contribution in [0.5, 0.6) is 0 Å². The third kappa shape index (κ3) is 5.31. The summed E-state index contributed by atoms with van der Waals surface area (Å²) in [5, 5.41) is 14.3. The first-order valence-corrected chi connectivity index (χ1v) is 13.3. The van der Waals surface area contributed by atoms with Crippen molar-refractivity contribution in [3.63, 3.8) is 0 Å². The van der Waals surface area contributed by atoms with Crippen LogP contribution in [0.4, 0.5) is 11.4 Å². The van der Waals surface area contributed by atoms with Crippen LogP contribution in [0.15, 0.2) is 48.5 Å². The Morgan fingerprint density at radius 1 is 1.15 bits per heavy atom. The summed E-state index contributed by atoms with van der Waals surface area (Å²) < 4.78 is 5.58. The van der Waals surface area contributed by atoms with Crippen molar-refractivity contribution in [1.29, 1.82) is 0 Å². The highest BCUT2D eigenvalue weighted by Crippen LogP contribution is 2.39. The lowest BCUT2D eigenvalue weighted by Gasteiger charge is -2.43. The maximum Gasteiger partial charge on any atom is 0.273 e. The Morgan fingerprint density at radius 3 is 2.56 bits per heavy atom. The first kappa shape index (κ1) is 26.6. The van der Waals surface area contributed by atoms with Crippen LogP contribution in [-0.4, -0.2) is 83.5 Å². The number of nitro benzene ring substituents is 1. The van der Waals surface area contributed by atoms with E-state index in [1.807, 2.05) is 35.2 Å². The third-order valence-electron chi connectivity index (χ3n) is 8.00. The van der Waals surface area contributed by atoms with Gasteiger partial charge in [-0.2, -0.15) is 0 Å². The van der Waals surface area contributed by atoms with Gasteiger partial charge < -0.3 is 24.8 Å². The van der Waals surface area contributed by atoms with Crippen molar-refractivity contribution in [3.05, 3.63) is 69.8 Å². The highest BCUT2D eigenvalue weighted by atomic mass is 16.6. The summed E-state index contributed by atoms with van der Waals surface area (Å²) in [6.07, 6.45) is 2.69. The van der Waals surface area contributed by atoms with E-state index in [1.165, 1.54) is 6.07 Å². The predicted molar refractivity (Wildman–Crippen MR) is 143 cm³/mol. The molecule has 2 aromatic carbocycles. The first-order chi connectivity index (χ1) is 18.8. The number of nitrogens with zero attached hydrogens (tertiary/aromatic N) is 4. The molecule has 1 N–H and O–H groups in total. The molecule has 3 amide bonds. The van der Waals surface area contributed by atoms with Crippen molar-refractivity contribution < 1.29 is 24.0 Å². The number of nitro groups is 1. The number of carbonyl (C=O) groups excluding carboxylic acids is 3. The highest BCUT2D eigenvalue weighted by Gasteiger charge is 2.54. The summed E-state index contributed by atoms with van der Waals surface area (Å²) in [6.45, 7) is 3.63. The molecule has 5 rings (SSSR count). The van der Waals surface area contributed by atoms with E-state index in [-0.39, 0.29) is 48.3 Å². The highest BCUT2D eigenvalue weighted by molar-refractivity contribution is 5.98. The number of rotatable bonds is 7. The quantitative estimate of drug-likeness (QED) is 0.427. The topological polar surface area (TPSA) is 125 Å². The summed E-state index contributed by atoms with van der Waals surface area (Å²) >= 11 is 0. The number of ether oxygens (including phenoxy) is 1. The van der Waals surface area contributed by atoms with Crippen LogP contribution >= 0.6 is 0 Å². The van der Waals surface area contributed by atoms with Gasteiger partial charge in [0, 0.05) is 49.1 Å². The van der Waals surface area contributed by atoms with Gasteiger partial charge in [-0.05, 0) is 50.8 Å². The van der Waals surface area contributed by atoms with Gasteiger partial charge in [0.25, 0.3) is 17.5 Å². The van der Waals surface area contributed by atoms with E-state index in [1.54, 1.807) is 28.9 Å². The summed E-state index contributed by atoms with van der Waals surface area (Å²) in [5.74, 6) is -0.649. The molecule has 1 atom stereocenters. The van der Waals surface area contributed by atoms with Crippen LogP contribution in [0.1, 0.15) is 41.6 Å².